The smallest absolute Gasteiger partial charge is 0.245 e. The normalized spacial score (nSPS) is 18.7. The van der Waals surface area contributed by atoms with E-state index < -0.39 is 16.1 Å². The first-order valence-electron chi connectivity index (χ1n) is 12.2. The predicted octanol–water partition coefficient (Wildman–Crippen LogP) is 2.84. The molecule has 0 unspecified atom stereocenters. The molecule has 2 aliphatic rings. The van der Waals surface area contributed by atoms with E-state index in [9.17, 15) is 18.0 Å². The van der Waals surface area contributed by atoms with Gasteiger partial charge < -0.3 is 15.5 Å². The number of sulfonamides is 1. The highest BCUT2D eigenvalue weighted by Crippen LogP contribution is 2.38. The maximum atomic E-state index is 14.0. The summed E-state index contributed by atoms with van der Waals surface area (Å²) >= 11 is 0. The van der Waals surface area contributed by atoms with Crippen LogP contribution in [0, 0.1) is 6.92 Å². The molecule has 0 radical (unpaired) electrons. The summed E-state index contributed by atoms with van der Waals surface area (Å²) in [5.74, 6) is -0.513. The fourth-order valence-electron chi connectivity index (χ4n) is 5.00. The Morgan fingerprint density at radius 1 is 1.06 bits per heavy atom. The standard InChI is InChI=1S/C26H34N4O4S/c1-19-9-10-23(28-20(2)31)25(17-19)35(33,34)30-15-11-21-7-3-4-8-22(21)24(30)18-26(32)27-12-16-29-13-5-6-14-29/h3-4,7-10,17,24H,5-6,11-16,18H2,1-2H3,(H,27,32)(H,28,31)/t24-/m0/s1. The molecule has 0 bridgehead atoms. The van der Waals surface area contributed by atoms with Crippen molar-refractivity contribution >= 4 is 27.5 Å². The Kier molecular flexibility index (Phi) is 7.88. The van der Waals surface area contributed by atoms with Crippen LogP contribution in [-0.4, -0.2) is 62.2 Å². The molecule has 35 heavy (non-hydrogen) atoms. The van der Waals surface area contributed by atoms with Crippen LogP contribution in [0.5, 0.6) is 0 Å². The van der Waals surface area contributed by atoms with Gasteiger partial charge in [0.15, 0.2) is 0 Å². The fourth-order valence-corrected chi connectivity index (χ4v) is 6.84. The molecule has 2 aliphatic heterocycles. The number of hydrogen-bond acceptors (Lipinski definition) is 5. The fraction of sp³-hybridized carbons (Fsp3) is 0.462. The topological polar surface area (TPSA) is 98.8 Å². The van der Waals surface area contributed by atoms with Gasteiger partial charge in [0.2, 0.25) is 21.8 Å². The third-order valence-corrected chi connectivity index (χ3v) is 8.67. The quantitative estimate of drug-likeness (QED) is 0.583. The van der Waals surface area contributed by atoms with E-state index in [4.69, 9.17) is 0 Å². The number of amides is 2. The van der Waals surface area contributed by atoms with Gasteiger partial charge >= 0.3 is 0 Å². The summed E-state index contributed by atoms with van der Waals surface area (Å²) in [4.78, 5) is 27.1. The first kappa shape index (κ1) is 25.3. The van der Waals surface area contributed by atoms with Gasteiger partial charge in [-0.25, -0.2) is 8.42 Å². The number of anilines is 1. The molecule has 4 rings (SSSR count). The number of carbonyl (C=O) groups is 2. The zero-order chi connectivity index (χ0) is 25.0. The zero-order valence-corrected chi connectivity index (χ0v) is 21.2. The van der Waals surface area contributed by atoms with Gasteiger partial charge in [0.1, 0.15) is 4.90 Å². The van der Waals surface area contributed by atoms with Crippen molar-refractivity contribution in [1.29, 1.82) is 0 Å². The van der Waals surface area contributed by atoms with Crippen LogP contribution in [0.1, 0.15) is 48.9 Å². The van der Waals surface area contributed by atoms with E-state index >= 15 is 0 Å². The van der Waals surface area contributed by atoms with E-state index in [1.807, 2.05) is 31.2 Å². The molecule has 0 saturated carbocycles. The maximum Gasteiger partial charge on any atom is 0.245 e. The van der Waals surface area contributed by atoms with E-state index in [0.717, 1.165) is 36.3 Å². The number of benzene rings is 2. The third-order valence-electron chi connectivity index (χ3n) is 6.73. The maximum absolute atomic E-state index is 14.0. The number of hydrogen-bond donors (Lipinski definition) is 2. The lowest BCUT2D eigenvalue weighted by atomic mass is 9.92. The average Bonchev–Trinajstić information content (AvgIpc) is 3.33. The molecule has 2 heterocycles. The van der Waals surface area contributed by atoms with Crippen molar-refractivity contribution in [2.24, 2.45) is 0 Å². The molecule has 9 heteroatoms. The van der Waals surface area contributed by atoms with Crippen LogP contribution in [0.15, 0.2) is 47.4 Å². The molecule has 188 valence electrons. The first-order chi connectivity index (χ1) is 16.8. The van der Waals surface area contributed by atoms with Gasteiger partial charge in [-0.1, -0.05) is 30.3 Å². The van der Waals surface area contributed by atoms with Crippen molar-refractivity contribution in [2.75, 3.05) is 38.0 Å². The summed E-state index contributed by atoms with van der Waals surface area (Å²) < 4.78 is 29.4. The van der Waals surface area contributed by atoms with Crippen molar-refractivity contribution in [3.8, 4) is 0 Å². The third kappa shape index (κ3) is 5.91. The average molecular weight is 499 g/mol. The van der Waals surface area contributed by atoms with Crippen molar-refractivity contribution in [1.82, 2.24) is 14.5 Å². The first-order valence-corrected chi connectivity index (χ1v) is 13.7. The summed E-state index contributed by atoms with van der Waals surface area (Å²) in [7, 11) is -4.00. The lowest BCUT2D eigenvalue weighted by Gasteiger charge is -2.36. The number of nitrogens with zero attached hydrogens (tertiary/aromatic N) is 2. The van der Waals surface area contributed by atoms with Crippen molar-refractivity contribution < 1.29 is 18.0 Å². The SMILES string of the molecule is CC(=O)Nc1ccc(C)cc1S(=O)(=O)N1CCc2ccccc2[C@@H]1CC(=O)NCCN1CCCC1. The minimum atomic E-state index is -4.00. The number of likely N-dealkylation sites (tertiary alicyclic amines) is 1. The molecular weight excluding hydrogens is 464 g/mol. The second-order valence-electron chi connectivity index (χ2n) is 9.36. The highest BCUT2D eigenvalue weighted by molar-refractivity contribution is 7.89. The molecule has 1 fully saturated rings. The highest BCUT2D eigenvalue weighted by atomic mass is 32.2. The highest BCUT2D eigenvalue weighted by Gasteiger charge is 2.38. The van der Waals surface area contributed by atoms with Crippen molar-refractivity contribution in [3.63, 3.8) is 0 Å². The molecule has 2 amide bonds. The second-order valence-corrected chi connectivity index (χ2v) is 11.2. The van der Waals surface area contributed by atoms with E-state index in [0.29, 0.717) is 13.0 Å². The minimum Gasteiger partial charge on any atom is -0.355 e. The Hall–Kier alpha value is -2.75. The number of rotatable bonds is 8. The summed E-state index contributed by atoms with van der Waals surface area (Å²) in [5.41, 5.74) is 2.92. The van der Waals surface area contributed by atoms with E-state index in [1.54, 1.807) is 18.2 Å². The van der Waals surface area contributed by atoms with Gasteiger partial charge in [-0.3, -0.25) is 9.59 Å². The molecule has 2 aromatic carbocycles. The number of aryl methyl sites for hydroxylation is 1. The predicted molar refractivity (Wildman–Crippen MR) is 136 cm³/mol. The molecule has 0 spiro atoms. The minimum absolute atomic E-state index is 0.0392. The van der Waals surface area contributed by atoms with Crippen LogP contribution in [0.4, 0.5) is 5.69 Å². The van der Waals surface area contributed by atoms with Crippen LogP contribution < -0.4 is 10.6 Å². The van der Waals surface area contributed by atoms with E-state index in [1.165, 1.54) is 24.1 Å². The van der Waals surface area contributed by atoms with Crippen LogP contribution in [0.3, 0.4) is 0 Å². The Morgan fingerprint density at radius 2 is 1.80 bits per heavy atom. The largest absolute Gasteiger partial charge is 0.355 e. The number of fused-ring (bicyclic) bond motifs is 1. The summed E-state index contributed by atoms with van der Waals surface area (Å²) in [5, 5.41) is 5.63. The van der Waals surface area contributed by atoms with Crippen LogP contribution >= 0.6 is 0 Å². The number of nitrogens with one attached hydrogen (secondary N) is 2. The summed E-state index contributed by atoms with van der Waals surface area (Å²) in [6.07, 6.45) is 2.99. The lowest BCUT2D eigenvalue weighted by Crippen LogP contribution is -2.43. The molecule has 1 saturated heterocycles. The van der Waals surface area contributed by atoms with E-state index in [2.05, 4.69) is 15.5 Å². The molecule has 1 atom stereocenters. The Labute approximate surface area is 207 Å². The Morgan fingerprint density at radius 3 is 2.54 bits per heavy atom. The lowest BCUT2D eigenvalue weighted by molar-refractivity contribution is -0.122. The summed E-state index contributed by atoms with van der Waals surface area (Å²) in [6, 6.07) is 12.0. The summed E-state index contributed by atoms with van der Waals surface area (Å²) in [6.45, 7) is 6.90. The van der Waals surface area contributed by atoms with Gasteiger partial charge in [0.25, 0.3) is 0 Å². The zero-order valence-electron chi connectivity index (χ0n) is 20.4. The molecule has 0 aromatic heterocycles. The second kappa shape index (κ2) is 10.9. The Bertz CT molecular complexity index is 1190. The van der Waals surface area contributed by atoms with E-state index in [-0.39, 0.29) is 35.4 Å². The number of carbonyl (C=O) groups excluding carboxylic acids is 2. The Balaban J connectivity index is 1.61. The van der Waals surface area contributed by atoms with Crippen molar-refractivity contribution in [2.45, 2.75) is 50.5 Å². The van der Waals surface area contributed by atoms with Gasteiger partial charge in [0, 0.05) is 33.0 Å². The van der Waals surface area contributed by atoms with Gasteiger partial charge in [-0.05, 0) is 68.1 Å². The monoisotopic (exact) mass is 498 g/mol. The molecule has 0 aliphatic carbocycles. The van der Waals surface area contributed by atoms with Gasteiger partial charge in [0.05, 0.1) is 11.7 Å². The van der Waals surface area contributed by atoms with Crippen LogP contribution in [0.25, 0.3) is 0 Å². The van der Waals surface area contributed by atoms with Gasteiger partial charge in [-0.15, -0.1) is 0 Å². The molecule has 2 aromatic rings. The van der Waals surface area contributed by atoms with Crippen LogP contribution in [0.2, 0.25) is 0 Å². The molecule has 8 nitrogen and oxygen atoms in total. The molecule has 2 N–H and O–H groups in total. The van der Waals surface area contributed by atoms with Crippen LogP contribution in [-0.2, 0) is 26.0 Å². The van der Waals surface area contributed by atoms with Gasteiger partial charge in [-0.2, -0.15) is 4.31 Å². The van der Waals surface area contributed by atoms with Crippen molar-refractivity contribution in [3.05, 3.63) is 59.2 Å². The molecular formula is C26H34N4O4S.